The molecule has 3 N–H and O–H groups in total. The van der Waals surface area contributed by atoms with Crippen LogP contribution in [0.25, 0.3) is 5.57 Å². The number of allylic oxidation sites excluding steroid dienone is 1. The van der Waals surface area contributed by atoms with Crippen LogP contribution in [0, 0.1) is 5.82 Å². The summed E-state index contributed by atoms with van der Waals surface area (Å²) in [6.07, 6.45) is 1.82. The molecule has 2 aromatic rings. The number of fused-ring (bicyclic) bond motifs is 1. The fourth-order valence-corrected chi connectivity index (χ4v) is 4.79. The number of aliphatic imine (C=N–C) groups is 1. The molecule has 1 unspecified atom stereocenters. The van der Waals surface area contributed by atoms with Crippen molar-refractivity contribution in [3.05, 3.63) is 53.5 Å². The van der Waals surface area contributed by atoms with Gasteiger partial charge >= 0.3 is 0 Å². The van der Waals surface area contributed by atoms with Gasteiger partial charge in [-0.15, -0.1) is 0 Å². The molecule has 31 heavy (non-hydrogen) atoms. The summed E-state index contributed by atoms with van der Waals surface area (Å²) < 4.78 is 22.4. The zero-order chi connectivity index (χ0) is 22.3. The second-order valence-corrected chi connectivity index (χ2v) is 8.43. The first-order valence-electron chi connectivity index (χ1n) is 10.8. The third kappa shape index (κ3) is 3.82. The van der Waals surface area contributed by atoms with E-state index in [-0.39, 0.29) is 11.9 Å². The summed E-state index contributed by atoms with van der Waals surface area (Å²) in [6.45, 7) is 10.4. The number of nitrogens with zero attached hydrogens (tertiary/aromatic N) is 2. The summed E-state index contributed by atoms with van der Waals surface area (Å²) >= 11 is 0. The van der Waals surface area contributed by atoms with Crippen molar-refractivity contribution in [2.75, 3.05) is 6.54 Å². The predicted octanol–water partition coefficient (Wildman–Crippen LogP) is 3.70. The average molecular weight is 428 g/mol. The molecule has 5 atom stereocenters. The maximum absolute atomic E-state index is 14.3. The van der Waals surface area contributed by atoms with Crippen molar-refractivity contribution in [2.24, 2.45) is 4.99 Å². The van der Waals surface area contributed by atoms with Crippen molar-refractivity contribution < 1.29 is 19.3 Å². The SMILES string of the molecule is C=C(C)c1ccn([C@@H]2C[C@H](Oc3ccc(F)c4c3C(C)NCC4)[C@@H](O)[C@H]2O)c1/N=C\C. The van der Waals surface area contributed by atoms with Gasteiger partial charge in [-0.05, 0) is 63.1 Å². The van der Waals surface area contributed by atoms with E-state index >= 15 is 0 Å². The van der Waals surface area contributed by atoms with Crippen molar-refractivity contribution >= 4 is 17.6 Å². The molecule has 166 valence electrons. The quantitative estimate of drug-likeness (QED) is 0.636. The Kier molecular flexibility index (Phi) is 6.01. The van der Waals surface area contributed by atoms with E-state index < -0.39 is 24.4 Å². The number of ether oxygens (including phenoxy) is 1. The van der Waals surface area contributed by atoms with Crippen LogP contribution in [0.1, 0.15) is 56.0 Å². The Morgan fingerprint density at radius 3 is 2.81 bits per heavy atom. The molecule has 1 saturated carbocycles. The normalized spacial score (nSPS) is 28.1. The third-order valence-corrected chi connectivity index (χ3v) is 6.35. The molecule has 1 aliphatic heterocycles. The molecule has 7 heteroatoms. The Morgan fingerprint density at radius 2 is 2.10 bits per heavy atom. The molecule has 0 spiro atoms. The fraction of sp³-hybridized carbons (Fsp3) is 0.458. The first kappa shape index (κ1) is 21.7. The molecule has 1 aromatic carbocycles. The van der Waals surface area contributed by atoms with E-state index in [1.807, 2.05) is 37.6 Å². The van der Waals surface area contributed by atoms with Crippen LogP contribution in [0.2, 0.25) is 0 Å². The molecule has 2 heterocycles. The molecule has 0 amide bonds. The van der Waals surface area contributed by atoms with Crippen LogP contribution in [0.4, 0.5) is 10.2 Å². The number of halogens is 1. The minimum atomic E-state index is -1.08. The van der Waals surface area contributed by atoms with Gasteiger partial charge in [0.15, 0.2) is 0 Å². The van der Waals surface area contributed by atoms with Gasteiger partial charge in [-0.2, -0.15) is 0 Å². The number of nitrogens with one attached hydrogen (secondary N) is 1. The maximum atomic E-state index is 14.3. The van der Waals surface area contributed by atoms with Crippen LogP contribution < -0.4 is 10.1 Å². The lowest BCUT2D eigenvalue weighted by atomic mass is 9.93. The highest BCUT2D eigenvalue weighted by Gasteiger charge is 2.45. The number of aromatic nitrogens is 1. The Balaban J connectivity index is 1.64. The van der Waals surface area contributed by atoms with Gasteiger partial charge in [0.05, 0.1) is 6.04 Å². The van der Waals surface area contributed by atoms with E-state index in [2.05, 4.69) is 16.9 Å². The Morgan fingerprint density at radius 1 is 1.32 bits per heavy atom. The van der Waals surface area contributed by atoms with Crippen molar-refractivity contribution in [1.29, 1.82) is 0 Å². The maximum Gasteiger partial charge on any atom is 0.140 e. The van der Waals surface area contributed by atoms with Crippen molar-refractivity contribution in [2.45, 2.75) is 64.0 Å². The molecule has 0 saturated heterocycles. The third-order valence-electron chi connectivity index (χ3n) is 6.35. The van der Waals surface area contributed by atoms with Crippen molar-refractivity contribution in [1.82, 2.24) is 9.88 Å². The van der Waals surface area contributed by atoms with Crippen molar-refractivity contribution in [3.63, 3.8) is 0 Å². The lowest BCUT2D eigenvalue weighted by molar-refractivity contribution is -0.0169. The topological polar surface area (TPSA) is 79.0 Å². The highest BCUT2D eigenvalue weighted by molar-refractivity contribution is 5.73. The number of rotatable bonds is 5. The standard InChI is InChI=1S/C24H30FN3O3/c1-5-26-24-15(13(2)3)9-11-28(24)18-12-20(23(30)22(18)29)31-19-7-6-17(25)16-8-10-27-14(4)21(16)19/h5-7,9,11,14,18,20,22-23,27,29-30H,2,8,10,12H2,1,3-4H3/b26-5-/t14?,18-,20+,22+,23-/m1/s1. The molecule has 0 bridgehead atoms. The van der Waals surface area contributed by atoms with Gasteiger partial charge in [-0.3, -0.25) is 0 Å². The van der Waals surface area contributed by atoms with Crippen LogP contribution in [0.3, 0.4) is 0 Å². The smallest absolute Gasteiger partial charge is 0.140 e. The molecule has 1 aliphatic carbocycles. The van der Waals surface area contributed by atoms with Gasteiger partial charge in [0.2, 0.25) is 0 Å². The Bertz CT molecular complexity index is 1020. The summed E-state index contributed by atoms with van der Waals surface area (Å²) in [5.41, 5.74) is 3.22. The fourth-order valence-electron chi connectivity index (χ4n) is 4.79. The second-order valence-electron chi connectivity index (χ2n) is 8.43. The highest BCUT2D eigenvalue weighted by atomic mass is 19.1. The summed E-state index contributed by atoms with van der Waals surface area (Å²) in [6, 6.07) is 4.49. The van der Waals surface area contributed by atoms with Gasteiger partial charge < -0.3 is 24.8 Å². The molecule has 0 radical (unpaired) electrons. The number of benzene rings is 1. The molecule has 1 fully saturated rings. The predicted molar refractivity (Wildman–Crippen MR) is 120 cm³/mol. The minimum absolute atomic E-state index is 0.0539. The first-order chi connectivity index (χ1) is 14.8. The molecule has 4 rings (SSSR count). The Labute approximate surface area is 182 Å². The highest BCUT2D eigenvalue weighted by Crippen LogP contribution is 2.41. The van der Waals surface area contributed by atoms with E-state index in [0.717, 1.165) is 16.7 Å². The van der Waals surface area contributed by atoms with E-state index in [1.54, 1.807) is 12.3 Å². The first-order valence-corrected chi connectivity index (χ1v) is 10.8. The second kappa shape index (κ2) is 8.57. The van der Waals surface area contributed by atoms with Crippen LogP contribution in [-0.4, -0.2) is 45.9 Å². The number of aliphatic hydroxyl groups excluding tert-OH is 2. The van der Waals surface area contributed by atoms with E-state index in [0.29, 0.717) is 36.5 Å². The van der Waals surface area contributed by atoms with Gasteiger partial charge in [0, 0.05) is 36.0 Å². The number of aliphatic hydroxyl groups is 2. The molecule has 6 nitrogen and oxygen atoms in total. The van der Waals surface area contributed by atoms with Gasteiger partial charge in [0.25, 0.3) is 0 Å². The average Bonchev–Trinajstić information content (AvgIpc) is 3.27. The zero-order valence-corrected chi connectivity index (χ0v) is 18.2. The Hall–Kier alpha value is -2.48. The van der Waals surface area contributed by atoms with Crippen LogP contribution in [0.15, 0.2) is 36.0 Å². The molecule has 2 aliphatic rings. The van der Waals surface area contributed by atoms with Crippen LogP contribution in [-0.2, 0) is 6.42 Å². The zero-order valence-electron chi connectivity index (χ0n) is 18.2. The minimum Gasteiger partial charge on any atom is -0.487 e. The monoisotopic (exact) mass is 427 g/mol. The summed E-state index contributed by atoms with van der Waals surface area (Å²) in [5, 5.41) is 24.9. The van der Waals surface area contributed by atoms with Gasteiger partial charge in [-0.1, -0.05) is 6.58 Å². The lowest BCUT2D eigenvalue weighted by Gasteiger charge is -2.28. The lowest BCUT2D eigenvalue weighted by Crippen LogP contribution is -2.35. The summed E-state index contributed by atoms with van der Waals surface area (Å²) in [5.74, 6) is 1.01. The van der Waals surface area contributed by atoms with Crippen molar-refractivity contribution in [3.8, 4) is 5.75 Å². The van der Waals surface area contributed by atoms with Gasteiger partial charge in [-0.25, -0.2) is 9.38 Å². The van der Waals surface area contributed by atoms with E-state index in [9.17, 15) is 14.6 Å². The van der Waals surface area contributed by atoms with E-state index in [4.69, 9.17) is 4.74 Å². The summed E-state index contributed by atoms with van der Waals surface area (Å²) in [7, 11) is 0. The molecular formula is C24H30FN3O3. The molecular weight excluding hydrogens is 397 g/mol. The summed E-state index contributed by atoms with van der Waals surface area (Å²) in [4.78, 5) is 4.47. The van der Waals surface area contributed by atoms with E-state index in [1.165, 1.54) is 6.07 Å². The number of hydrogen-bond acceptors (Lipinski definition) is 5. The largest absolute Gasteiger partial charge is 0.487 e. The van der Waals surface area contributed by atoms with Crippen LogP contribution >= 0.6 is 0 Å². The number of hydrogen-bond donors (Lipinski definition) is 3. The molecule has 1 aromatic heterocycles. The van der Waals surface area contributed by atoms with Crippen LogP contribution in [0.5, 0.6) is 5.75 Å². The van der Waals surface area contributed by atoms with Gasteiger partial charge in [0.1, 0.15) is 35.7 Å².